The first-order chi connectivity index (χ1) is 18.9. The van der Waals surface area contributed by atoms with Crippen LogP contribution in [0.1, 0.15) is 20.3 Å². The molecule has 0 unspecified atom stereocenters. The third-order valence-corrected chi connectivity index (χ3v) is 6.33. The molecule has 39 heavy (non-hydrogen) atoms. The fourth-order valence-corrected chi connectivity index (χ4v) is 4.58. The lowest BCUT2D eigenvalue weighted by molar-refractivity contribution is -0.116. The highest BCUT2D eigenvalue weighted by molar-refractivity contribution is 5.98. The van der Waals surface area contributed by atoms with E-state index < -0.39 is 11.6 Å². The molecule has 6 rings (SSSR count). The van der Waals surface area contributed by atoms with E-state index in [1.807, 2.05) is 13.8 Å². The molecule has 3 N–H and O–H groups in total. The molecule has 6 aromatic rings. The van der Waals surface area contributed by atoms with Gasteiger partial charge in [-0.15, -0.1) is 0 Å². The van der Waals surface area contributed by atoms with Gasteiger partial charge in [0, 0.05) is 35.3 Å². The van der Waals surface area contributed by atoms with E-state index in [0.717, 1.165) is 0 Å². The van der Waals surface area contributed by atoms with Crippen LogP contribution in [0.3, 0.4) is 0 Å². The summed E-state index contributed by atoms with van der Waals surface area (Å²) >= 11 is 0. The molecular formula is C29H23F2N7O. The molecule has 0 bridgehead atoms. The molecule has 0 saturated heterocycles. The molecule has 8 nitrogen and oxygen atoms in total. The summed E-state index contributed by atoms with van der Waals surface area (Å²) in [5, 5.41) is 10.4. The average Bonchev–Trinajstić information content (AvgIpc) is 3.53. The maximum absolute atomic E-state index is 15.2. The molecule has 0 spiro atoms. The summed E-state index contributed by atoms with van der Waals surface area (Å²) in [6.45, 7) is 3.93. The van der Waals surface area contributed by atoms with Gasteiger partial charge >= 0.3 is 0 Å². The molecule has 10 heteroatoms. The van der Waals surface area contributed by atoms with Gasteiger partial charge < -0.3 is 10.3 Å². The van der Waals surface area contributed by atoms with Gasteiger partial charge in [0.05, 0.1) is 17.4 Å². The van der Waals surface area contributed by atoms with Crippen molar-refractivity contribution in [3.8, 4) is 33.9 Å². The van der Waals surface area contributed by atoms with E-state index in [-0.39, 0.29) is 17.3 Å². The largest absolute Gasteiger partial charge is 0.337 e. The van der Waals surface area contributed by atoms with Gasteiger partial charge in [-0.2, -0.15) is 5.10 Å². The van der Waals surface area contributed by atoms with Gasteiger partial charge in [-0.3, -0.25) is 19.9 Å². The number of rotatable bonds is 6. The normalized spacial score (nSPS) is 11.5. The second-order valence-corrected chi connectivity index (χ2v) is 9.68. The molecule has 0 atom stereocenters. The van der Waals surface area contributed by atoms with Gasteiger partial charge in [-0.25, -0.2) is 13.8 Å². The summed E-state index contributed by atoms with van der Waals surface area (Å²) in [7, 11) is 0. The Morgan fingerprint density at radius 2 is 1.85 bits per heavy atom. The highest BCUT2D eigenvalue weighted by Crippen LogP contribution is 2.34. The number of benzene rings is 2. The Bertz CT molecular complexity index is 1860. The monoisotopic (exact) mass is 523 g/mol. The highest BCUT2D eigenvalue weighted by Gasteiger charge is 2.19. The molecular weight excluding hydrogens is 500 g/mol. The number of nitrogens with zero attached hydrogens (tertiary/aromatic N) is 4. The van der Waals surface area contributed by atoms with E-state index in [4.69, 9.17) is 0 Å². The Kier molecular flexibility index (Phi) is 6.07. The van der Waals surface area contributed by atoms with Gasteiger partial charge in [0.25, 0.3) is 0 Å². The predicted molar refractivity (Wildman–Crippen MR) is 146 cm³/mol. The Morgan fingerprint density at radius 3 is 2.67 bits per heavy atom. The third kappa shape index (κ3) is 4.61. The number of pyridine rings is 2. The van der Waals surface area contributed by atoms with Crippen molar-refractivity contribution >= 4 is 33.5 Å². The fraction of sp³-hybridized carbons (Fsp3) is 0.138. The molecule has 4 aromatic heterocycles. The van der Waals surface area contributed by atoms with Crippen molar-refractivity contribution in [1.29, 1.82) is 0 Å². The Labute approximate surface area is 221 Å². The number of imidazole rings is 1. The van der Waals surface area contributed by atoms with Crippen LogP contribution >= 0.6 is 0 Å². The molecule has 194 valence electrons. The predicted octanol–water partition coefficient (Wildman–Crippen LogP) is 6.49. The number of hydrogen-bond acceptors (Lipinski definition) is 5. The second kappa shape index (κ2) is 9.71. The number of anilines is 1. The van der Waals surface area contributed by atoms with Crippen LogP contribution in [0.25, 0.3) is 55.8 Å². The van der Waals surface area contributed by atoms with Crippen LogP contribution in [0.4, 0.5) is 14.5 Å². The molecule has 4 heterocycles. The second-order valence-electron chi connectivity index (χ2n) is 9.68. The molecule has 0 saturated carbocycles. The number of nitrogens with one attached hydrogen (secondary N) is 3. The fourth-order valence-electron chi connectivity index (χ4n) is 4.58. The summed E-state index contributed by atoms with van der Waals surface area (Å²) in [5.41, 5.74) is 4.17. The summed E-state index contributed by atoms with van der Waals surface area (Å²) in [6.07, 6.45) is 5.12. The van der Waals surface area contributed by atoms with Gasteiger partial charge in [0.15, 0.2) is 11.6 Å². The van der Waals surface area contributed by atoms with Crippen molar-refractivity contribution in [2.45, 2.75) is 20.3 Å². The Balaban J connectivity index is 1.42. The van der Waals surface area contributed by atoms with Crippen LogP contribution in [0.5, 0.6) is 0 Å². The zero-order valence-electron chi connectivity index (χ0n) is 21.1. The van der Waals surface area contributed by atoms with E-state index in [0.29, 0.717) is 62.4 Å². The lowest BCUT2D eigenvalue weighted by atomic mass is 10.0. The first-order valence-corrected chi connectivity index (χ1v) is 12.4. The number of carbonyl (C=O) groups excluding carboxylic acids is 1. The Hall–Kier alpha value is -4.99. The van der Waals surface area contributed by atoms with Crippen molar-refractivity contribution in [1.82, 2.24) is 30.1 Å². The topological polar surface area (TPSA) is 112 Å². The van der Waals surface area contributed by atoms with E-state index >= 15 is 4.39 Å². The minimum Gasteiger partial charge on any atom is -0.337 e. The van der Waals surface area contributed by atoms with Crippen LogP contribution < -0.4 is 5.32 Å². The summed E-state index contributed by atoms with van der Waals surface area (Å²) < 4.78 is 29.7. The number of halogens is 2. The zero-order valence-corrected chi connectivity index (χ0v) is 21.1. The first-order valence-electron chi connectivity index (χ1n) is 12.4. The van der Waals surface area contributed by atoms with Gasteiger partial charge in [-0.1, -0.05) is 26.0 Å². The van der Waals surface area contributed by atoms with Crippen LogP contribution in [0.2, 0.25) is 0 Å². The molecule has 0 aliphatic heterocycles. The van der Waals surface area contributed by atoms with E-state index in [1.165, 1.54) is 12.1 Å². The summed E-state index contributed by atoms with van der Waals surface area (Å²) in [5.74, 6) is -0.422. The van der Waals surface area contributed by atoms with Crippen molar-refractivity contribution in [3.05, 3.63) is 78.8 Å². The quantitative estimate of drug-likeness (QED) is 0.231. The lowest BCUT2D eigenvalue weighted by Crippen LogP contribution is -2.13. The van der Waals surface area contributed by atoms with Crippen LogP contribution in [-0.2, 0) is 4.79 Å². The standard InChI is InChI=1S/C29H23F2N7O/c1-15(2)9-24(39)34-18-10-17(13-32-14-18)16-11-20-25(22(31)12-16)37-38-27(20)29-35-23-7-8-33-26(28(23)36-29)19-5-3-4-6-21(19)30/h3-8,10-15H,9H2,1-2H3,(H,34,39)(H,35,36)(H,37,38). The molecule has 1 amide bonds. The average molecular weight is 524 g/mol. The Morgan fingerprint density at radius 1 is 1.00 bits per heavy atom. The van der Waals surface area contributed by atoms with Gasteiger partial charge in [0.2, 0.25) is 5.91 Å². The van der Waals surface area contributed by atoms with Crippen LogP contribution in [0, 0.1) is 17.6 Å². The van der Waals surface area contributed by atoms with E-state index in [9.17, 15) is 9.18 Å². The number of hydrogen-bond donors (Lipinski definition) is 3. The minimum absolute atomic E-state index is 0.114. The number of aromatic amines is 2. The number of carbonyl (C=O) groups is 1. The molecule has 0 radical (unpaired) electrons. The number of amides is 1. The van der Waals surface area contributed by atoms with Crippen molar-refractivity contribution in [3.63, 3.8) is 0 Å². The van der Waals surface area contributed by atoms with Gasteiger partial charge in [-0.05, 0) is 47.9 Å². The minimum atomic E-state index is -0.524. The van der Waals surface area contributed by atoms with Crippen molar-refractivity contribution in [2.75, 3.05) is 5.32 Å². The molecule has 0 aliphatic carbocycles. The third-order valence-electron chi connectivity index (χ3n) is 6.33. The first kappa shape index (κ1) is 24.4. The highest BCUT2D eigenvalue weighted by atomic mass is 19.1. The van der Waals surface area contributed by atoms with Crippen LogP contribution in [0.15, 0.2) is 67.1 Å². The maximum atomic E-state index is 15.2. The van der Waals surface area contributed by atoms with E-state index in [2.05, 4.69) is 35.5 Å². The molecule has 0 fully saturated rings. The van der Waals surface area contributed by atoms with Crippen LogP contribution in [-0.4, -0.2) is 36.0 Å². The van der Waals surface area contributed by atoms with Gasteiger partial charge in [0.1, 0.15) is 28.2 Å². The molecule has 2 aromatic carbocycles. The zero-order chi connectivity index (χ0) is 27.1. The number of fused-ring (bicyclic) bond motifs is 2. The summed E-state index contributed by atoms with van der Waals surface area (Å²) in [4.78, 5) is 28.7. The number of aromatic nitrogens is 6. The maximum Gasteiger partial charge on any atom is 0.224 e. The lowest BCUT2D eigenvalue weighted by Gasteiger charge is -2.09. The van der Waals surface area contributed by atoms with Crippen molar-refractivity contribution in [2.24, 2.45) is 5.92 Å². The number of H-pyrrole nitrogens is 2. The van der Waals surface area contributed by atoms with E-state index in [1.54, 1.807) is 55.0 Å². The van der Waals surface area contributed by atoms with Crippen molar-refractivity contribution < 1.29 is 13.6 Å². The summed E-state index contributed by atoms with van der Waals surface area (Å²) in [6, 6.07) is 13.0. The smallest absolute Gasteiger partial charge is 0.224 e. The SMILES string of the molecule is CC(C)CC(=O)Nc1cncc(-c2cc(F)c3n[nH]c(-c4nc5c(-c6ccccc6F)nccc5[nH]4)c3c2)c1. The molecule has 0 aliphatic rings.